The molecule has 4 rings (SSSR count). The second-order valence-corrected chi connectivity index (χ2v) is 12.7. The molecule has 2 saturated heterocycles. The molecule has 4 amide bonds. The number of imide groups is 1. The molecule has 2 aliphatic rings. The summed E-state index contributed by atoms with van der Waals surface area (Å²) >= 11 is 0. The number of alkyl halides is 6. The number of halogens is 6. The van der Waals surface area contributed by atoms with Crippen LogP contribution in [-0.4, -0.2) is 87.9 Å². The molecule has 1 aromatic heterocycles. The van der Waals surface area contributed by atoms with Gasteiger partial charge in [-0.3, -0.25) is 19.5 Å². The van der Waals surface area contributed by atoms with E-state index in [0.29, 0.717) is 23.9 Å². The Hall–Kier alpha value is -4.08. The molecule has 2 N–H and O–H groups in total. The topological polar surface area (TPSA) is 115 Å². The number of carbonyl (C=O) groups excluding carboxylic acids is 3. The molecule has 3 heterocycles. The van der Waals surface area contributed by atoms with Crippen LogP contribution in [0.5, 0.6) is 5.75 Å². The van der Waals surface area contributed by atoms with Gasteiger partial charge in [0, 0.05) is 36.4 Å². The van der Waals surface area contributed by atoms with Crippen molar-refractivity contribution in [3.8, 4) is 5.75 Å². The lowest BCUT2D eigenvalue weighted by Gasteiger charge is -2.46. The van der Waals surface area contributed by atoms with Crippen LogP contribution in [0, 0.1) is 0 Å². The van der Waals surface area contributed by atoms with E-state index >= 15 is 0 Å². The fraction of sp³-hybridized carbons (Fsp3) is 0.562. The third-order valence-corrected chi connectivity index (χ3v) is 8.64. The first-order valence-electron chi connectivity index (χ1n) is 15.5. The highest BCUT2D eigenvalue weighted by molar-refractivity contribution is 6.09. The summed E-state index contributed by atoms with van der Waals surface area (Å²) in [4.78, 5) is 48.2. The number of piperazine rings is 1. The quantitative estimate of drug-likeness (QED) is 0.281. The minimum atomic E-state index is -6.02. The highest BCUT2D eigenvalue weighted by Crippen LogP contribution is 2.50. The van der Waals surface area contributed by atoms with Crippen LogP contribution in [0.15, 0.2) is 36.5 Å². The van der Waals surface area contributed by atoms with Crippen molar-refractivity contribution in [2.24, 2.45) is 0 Å². The first kappa shape index (κ1) is 36.8. The smallest absolute Gasteiger partial charge is 0.430 e. The molecule has 0 bridgehead atoms. The number of rotatable bonds is 9. The SMILES string of the molecule is CCCc1cc(C(O)(C(F)(F)F)C(F)(F)F)ccc1N1C[C@@H](C)N(C(=O)CN2C(=O)N[C@@](C)(c3ccc(OC(C)C)cn3)C2=O)CC1C. The maximum atomic E-state index is 13.6. The summed E-state index contributed by atoms with van der Waals surface area (Å²) in [6, 6.07) is 3.91. The van der Waals surface area contributed by atoms with Crippen molar-refractivity contribution in [1.29, 1.82) is 0 Å². The van der Waals surface area contributed by atoms with E-state index in [1.54, 1.807) is 37.8 Å². The molecule has 0 spiro atoms. The van der Waals surface area contributed by atoms with Gasteiger partial charge in [0.25, 0.3) is 11.5 Å². The van der Waals surface area contributed by atoms with Gasteiger partial charge in [-0.25, -0.2) is 4.79 Å². The van der Waals surface area contributed by atoms with Crippen LogP contribution in [0.3, 0.4) is 0 Å². The molecule has 0 radical (unpaired) electrons. The number of aryl methyl sites for hydroxylation is 1. The number of urea groups is 1. The minimum Gasteiger partial charge on any atom is -0.489 e. The number of nitrogens with zero attached hydrogens (tertiary/aromatic N) is 4. The van der Waals surface area contributed by atoms with Crippen LogP contribution in [0.4, 0.5) is 36.8 Å². The number of aliphatic hydroxyl groups is 1. The Morgan fingerprint density at radius 2 is 1.71 bits per heavy atom. The lowest BCUT2D eigenvalue weighted by molar-refractivity contribution is -0.376. The predicted molar refractivity (Wildman–Crippen MR) is 162 cm³/mol. The summed E-state index contributed by atoms with van der Waals surface area (Å²) in [6.07, 6.45) is -10.2. The van der Waals surface area contributed by atoms with Crippen molar-refractivity contribution in [1.82, 2.24) is 20.1 Å². The number of pyridine rings is 1. The molecule has 1 aromatic carbocycles. The highest BCUT2D eigenvalue weighted by atomic mass is 19.4. The Balaban J connectivity index is 1.52. The second kappa shape index (κ2) is 13.1. The monoisotopic (exact) mass is 687 g/mol. The number of hydrogen-bond donors (Lipinski definition) is 2. The van der Waals surface area contributed by atoms with Crippen LogP contribution < -0.4 is 15.0 Å². The maximum absolute atomic E-state index is 13.6. The van der Waals surface area contributed by atoms with Crippen LogP contribution in [0.25, 0.3) is 0 Å². The van der Waals surface area contributed by atoms with Crippen LogP contribution in [-0.2, 0) is 27.1 Å². The Bertz CT molecular complexity index is 1520. The molecule has 0 saturated carbocycles. The molecule has 48 heavy (non-hydrogen) atoms. The first-order valence-corrected chi connectivity index (χ1v) is 15.5. The highest BCUT2D eigenvalue weighted by Gasteiger charge is 2.71. The number of amides is 4. The molecule has 264 valence electrons. The minimum absolute atomic E-state index is 0.0855. The van der Waals surface area contributed by atoms with Gasteiger partial charge in [-0.15, -0.1) is 0 Å². The summed E-state index contributed by atoms with van der Waals surface area (Å²) in [6.45, 7) is 10.0. The second-order valence-electron chi connectivity index (χ2n) is 12.7. The number of nitrogens with one attached hydrogen (secondary N) is 1. The fourth-order valence-electron chi connectivity index (χ4n) is 6.12. The zero-order valence-electron chi connectivity index (χ0n) is 27.4. The molecule has 16 heteroatoms. The largest absolute Gasteiger partial charge is 0.489 e. The van der Waals surface area contributed by atoms with Gasteiger partial charge < -0.3 is 25.0 Å². The zero-order valence-corrected chi connectivity index (χ0v) is 27.4. The lowest BCUT2D eigenvalue weighted by Crippen LogP contribution is -2.60. The van der Waals surface area contributed by atoms with Gasteiger partial charge in [0.05, 0.1) is 18.0 Å². The van der Waals surface area contributed by atoms with Crippen molar-refractivity contribution in [3.63, 3.8) is 0 Å². The predicted octanol–water partition coefficient (Wildman–Crippen LogP) is 5.03. The van der Waals surface area contributed by atoms with Crippen molar-refractivity contribution < 1.29 is 50.6 Å². The van der Waals surface area contributed by atoms with Crippen molar-refractivity contribution in [2.45, 2.75) is 96.1 Å². The number of benzene rings is 1. The van der Waals surface area contributed by atoms with Crippen molar-refractivity contribution >= 4 is 23.5 Å². The fourth-order valence-corrected chi connectivity index (χ4v) is 6.12. The summed E-state index contributed by atoms with van der Waals surface area (Å²) in [7, 11) is 0. The molecule has 3 atom stereocenters. The molecule has 2 aliphatic heterocycles. The van der Waals surface area contributed by atoms with E-state index in [4.69, 9.17) is 4.74 Å². The van der Waals surface area contributed by atoms with E-state index in [9.17, 15) is 45.8 Å². The van der Waals surface area contributed by atoms with Gasteiger partial charge >= 0.3 is 18.4 Å². The van der Waals surface area contributed by atoms with Crippen LogP contribution in [0.1, 0.15) is 64.8 Å². The first-order chi connectivity index (χ1) is 22.1. The number of hydrogen-bond acceptors (Lipinski definition) is 7. The average molecular weight is 688 g/mol. The third-order valence-electron chi connectivity index (χ3n) is 8.64. The third kappa shape index (κ3) is 6.63. The van der Waals surface area contributed by atoms with E-state index in [0.717, 1.165) is 17.0 Å². The van der Waals surface area contributed by atoms with E-state index in [1.807, 2.05) is 13.8 Å². The number of ether oxygens (including phenoxy) is 1. The lowest BCUT2D eigenvalue weighted by atomic mass is 9.89. The van der Waals surface area contributed by atoms with Crippen molar-refractivity contribution in [3.05, 3.63) is 53.3 Å². The van der Waals surface area contributed by atoms with Gasteiger partial charge in [0.15, 0.2) is 5.54 Å². The molecule has 2 aromatic rings. The van der Waals surface area contributed by atoms with Gasteiger partial charge in [-0.2, -0.15) is 26.3 Å². The Morgan fingerprint density at radius 1 is 1.06 bits per heavy atom. The molecular weight excluding hydrogens is 648 g/mol. The Kier molecular flexibility index (Phi) is 10.0. The number of carbonyl (C=O) groups is 3. The van der Waals surface area contributed by atoms with Crippen molar-refractivity contribution in [2.75, 3.05) is 24.5 Å². The van der Waals surface area contributed by atoms with E-state index in [2.05, 4.69) is 10.3 Å². The van der Waals surface area contributed by atoms with Crippen LogP contribution in [0.2, 0.25) is 0 Å². The van der Waals surface area contributed by atoms with Gasteiger partial charge in [0.1, 0.15) is 12.3 Å². The molecule has 2 fully saturated rings. The zero-order chi connectivity index (χ0) is 36.0. The molecular formula is C32H39F6N5O5. The average Bonchev–Trinajstić information content (AvgIpc) is 3.20. The van der Waals surface area contributed by atoms with Gasteiger partial charge in [-0.1, -0.05) is 25.5 Å². The molecule has 0 aliphatic carbocycles. The van der Waals surface area contributed by atoms with Gasteiger partial charge in [-0.05, 0) is 64.8 Å². The standard InChI is InChI=1S/C32H39F6N5O5/c1-7-8-21-13-22(30(47,31(33,34)35)32(36,37)38)9-11-24(21)41-15-20(5)42(16-19(41)4)26(44)17-43-27(45)29(6,40-28(43)46)25-12-10-23(14-39-25)48-18(2)3/h9-14,18-20,47H,7-8,15-17H2,1-6H3,(H,40,46)/t19?,20-,29+/m1/s1. The Labute approximate surface area is 274 Å². The summed E-state index contributed by atoms with van der Waals surface area (Å²) in [5.41, 5.74) is -7.11. The summed E-state index contributed by atoms with van der Waals surface area (Å²) in [5.74, 6) is -0.725. The summed E-state index contributed by atoms with van der Waals surface area (Å²) in [5, 5.41) is 12.6. The van der Waals surface area contributed by atoms with E-state index < -0.39 is 65.5 Å². The Morgan fingerprint density at radius 3 is 2.25 bits per heavy atom. The molecule has 1 unspecified atom stereocenters. The van der Waals surface area contributed by atoms with Gasteiger partial charge in [0.2, 0.25) is 5.91 Å². The number of aromatic nitrogens is 1. The molecule has 10 nitrogen and oxygen atoms in total. The summed E-state index contributed by atoms with van der Waals surface area (Å²) < 4.78 is 87.1. The van der Waals surface area contributed by atoms with E-state index in [-0.39, 0.29) is 36.9 Å². The maximum Gasteiger partial charge on any atom is 0.430 e. The van der Waals surface area contributed by atoms with E-state index in [1.165, 1.54) is 18.0 Å². The normalized spacial score (nSPS) is 22.4. The number of anilines is 1. The van der Waals surface area contributed by atoms with Crippen LogP contribution >= 0.6 is 0 Å².